The van der Waals surface area contributed by atoms with Gasteiger partial charge in [0.25, 0.3) is 0 Å². The number of methoxy groups -OCH3 is 2. The van der Waals surface area contributed by atoms with Crippen molar-refractivity contribution in [1.82, 2.24) is 0 Å². The lowest BCUT2D eigenvalue weighted by atomic mass is 10.0. The van der Waals surface area contributed by atoms with E-state index in [1.165, 1.54) is 29.4 Å². The number of hydrogen-bond donors (Lipinski definition) is 0. The first kappa shape index (κ1) is 29.4. The van der Waals surface area contributed by atoms with Gasteiger partial charge in [0.2, 0.25) is 0 Å². The van der Waals surface area contributed by atoms with Crippen molar-refractivity contribution in [2.24, 2.45) is 0 Å². The lowest BCUT2D eigenvalue weighted by Gasteiger charge is -2.11. The average Bonchev–Trinajstić information content (AvgIpc) is 2.80. The number of esters is 1. The normalized spacial score (nSPS) is 12.5. The van der Waals surface area contributed by atoms with E-state index in [1.54, 1.807) is 19.2 Å². The Morgan fingerprint density at radius 3 is 1.88 bits per heavy atom. The molecule has 0 saturated carbocycles. The van der Waals surface area contributed by atoms with Gasteiger partial charge in [0, 0.05) is 7.11 Å². The van der Waals surface area contributed by atoms with Crippen molar-refractivity contribution < 1.29 is 19.0 Å². The van der Waals surface area contributed by atoms with E-state index < -0.39 is 0 Å². The predicted octanol–water partition coefficient (Wildman–Crippen LogP) is 8.14. The minimum atomic E-state index is -0.348. The quantitative estimate of drug-likeness (QED) is 0.148. The van der Waals surface area contributed by atoms with Crippen molar-refractivity contribution in [3.05, 3.63) is 75.9 Å². The number of carbonyl (C=O) groups is 1. The Bertz CT molecular complexity index is 883. The molecular weight excluding hydrogens is 424 g/mol. The van der Waals surface area contributed by atoms with Gasteiger partial charge in [-0.15, -0.1) is 0 Å². The minimum Gasteiger partial charge on any atom is -0.467 e. The first-order valence-electron chi connectivity index (χ1n) is 12.2. The molecule has 0 aliphatic carbocycles. The van der Waals surface area contributed by atoms with Gasteiger partial charge in [-0.2, -0.15) is 0 Å². The second kappa shape index (κ2) is 16.9. The number of carbonyl (C=O) groups excluding carboxylic acids is 1. The van der Waals surface area contributed by atoms with Gasteiger partial charge in [-0.3, -0.25) is 0 Å². The van der Waals surface area contributed by atoms with Crippen LogP contribution in [0, 0.1) is 0 Å². The van der Waals surface area contributed by atoms with Gasteiger partial charge in [-0.05, 0) is 103 Å². The van der Waals surface area contributed by atoms with Crippen molar-refractivity contribution >= 4 is 5.97 Å². The molecule has 4 nitrogen and oxygen atoms in total. The highest BCUT2D eigenvalue weighted by molar-refractivity contribution is 5.89. The van der Waals surface area contributed by atoms with E-state index in [4.69, 9.17) is 14.2 Å². The molecule has 0 aliphatic rings. The minimum absolute atomic E-state index is 0.168. The molecule has 0 N–H and O–H groups in total. The predicted molar refractivity (Wildman–Crippen MR) is 142 cm³/mol. The Kier molecular flexibility index (Phi) is 14.7. The third kappa shape index (κ3) is 12.6. The molecule has 0 saturated heterocycles. The summed E-state index contributed by atoms with van der Waals surface area (Å²) in [5.41, 5.74) is 7.10. The summed E-state index contributed by atoms with van der Waals surface area (Å²) in [6.07, 6.45) is 16.5. The van der Waals surface area contributed by atoms with E-state index >= 15 is 0 Å². The Morgan fingerprint density at radius 1 is 0.794 bits per heavy atom. The van der Waals surface area contributed by atoms with Crippen molar-refractivity contribution in [2.45, 2.75) is 79.6 Å². The Labute approximate surface area is 207 Å². The highest BCUT2D eigenvalue weighted by atomic mass is 16.7. The third-order valence-corrected chi connectivity index (χ3v) is 5.64. The molecular formula is C30H44O4. The van der Waals surface area contributed by atoms with Crippen LogP contribution in [0.15, 0.2) is 64.8 Å². The molecule has 0 atom stereocenters. The molecule has 1 aromatic carbocycles. The van der Waals surface area contributed by atoms with Crippen LogP contribution in [0.4, 0.5) is 0 Å². The molecule has 0 fully saturated rings. The van der Waals surface area contributed by atoms with Crippen LogP contribution in [-0.4, -0.2) is 27.0 Å². The zero-order valence-corrected chi connectivity index (χ0v) is 22.3. The summed E-state index contributed by atoms with van der Waals surface area (Å²) in [5.74, 6) is 0.372. The molecule has 0 bridgehead atoms. The van der Waals surface area contributed by atoms with Crippen LogP contribution in [0.5, 0.6) is 5.75 Å². The van der Waals surface area contributed by atoms with Gasteiger partial charge in [-0.1, -0.05) is 46.6 Å². The lowest BCUT2D eigenvalue weighted by molar-refractivity contribution is 0.0504. The van der Waals surface area contributed by atoms with Crippen LogP contribution >= 0.6 is 0 Å². The summed E-state index contributed by atoms with van der Waals surface area (Å²) in [6, 6.07) is 5.35. The fourth-order valence-corrected chi connectivity index (χ4v) is 3.52. The monoisotopic (exact) mass is 468 g/mol. The largest absolute Gasteiger partial charge is 0.467 e. The molecule has 0 aliphatic heterocycles. The fourth-order valence-electron chi connectivity index (χ4n) is 3.52. The molecule has 0 aromatic heterocycles. The highest BCUT2D eigenvalue weighted by Crippen LogP contribution is 2.23. The van der Waals surface area contributed by atoms with Gasteiger partial charge in [0.05, 0.1) is 12.7 Å². The van der Waals surface area contributed by atoms with Crippen molar-refractivity contribution in [2.75, 3.05) is 21.0 Å². The molecule has 0 amide bonds. The summed E-state index contributed by atoms with van der Waals surface area (Å²) < 4.78 is 15.5. The Morgan fingerprint density at radius 2 is 1.35 bits per heavy atom. The van der Waals surface area contributed by atoms with Gasteiger partial charge in [-0.25, -0.2) is 4.79 Å². The van der Waals surface area contributed by atoms with Crippen molar-refractivity contribution in [3.63, 3.8) is 0 Å². The standard InChI is InChI=1S/C30H44O4/c1-23(2)11-8-12-24(3)13-9-14-25(4)15-10-16-26(5)17-18-27-21-28(30(31)33-7)19-20-29(27)34-22-32-6/h11,13,15,17,19-21H,8-10,12,14,16,18,22H2,1-7H3/b24-13+,25-15+,26-17+. The van der Waals surface area contributed by atoms with E-state index in [2.05, 4.69) is 58.9 Å². The maximum Gasteiger partial charge on any atom is 0.337 e. The van der Waals surface area contributed by atoms with Crippen molar-refractivity contribution in [3.8, 4) is 5.75 Å². The van der Waals surface area contributed by atoms with Crippen LogP contribution in [0.1, 0.15) is 89.1 Å². The molecule has 1 aromatic rings. The molecule has 0 radical (unpaired) electrons. The summed E-state index contributed by atoms with van der Waals surface area (Å²) >= 11 is 0. The van der Waals surface area contributed by atoms with Gasteiger partial charge in [0.1, 0.15) is 5.75 Å². The van der Waals surface area contributed by atoms with E-state index in [-0.39, 0.29) is 12.8 Å². The van der Waals surface area contributed by atoms with Crippen LogP contribution in [-0.2, 0) is 15.9 Å². The molecule has 0 heterocycles. The zero-order valence-electron chi connectivity index (χ0n) is 22.3. The Hall–Kier alpha value is -2.59. The zero-order chi connectivity index (χ0) is 25.3. The highest BCUT2D eigenvalue weighted by Gasteiger charge is 2.10. The van der Waals surface area contributed by atoms with Crippen LogP contribution < -0.4 is 4.74 Å². The maximum absolute atomic E-state index is 11.9. The number of rotatable bonds is 15. The Balaban J connectivity index is 2.58. The maximum atomic E-state index is 11.9. The second-order valence-corrected chi connectivity index (χ2v) is 9.12. The van der Waals surface area contributed by atoms with Crippen LogP contribution in [0.2, 0.25) is 0 Å². The number of allylic oxidation sites excluding steroid dienone is 8. The van der Waals surface area contributed by atoms with E-state index in [9.17, 15) is 4.79 Å². The SMILES string of the molecule is COCOc1ccc(C(=O)OC)cc1C/C=C(\C)CC/C=C(\C)CC/C=C(\C)CCC=C(C)C. The van der Waals surface area contributed by atoms with Gasteiger partial charge < -0.3 is 14.2 Å². The summed E-state index contributed by atoms with van der Waals surface area (Å²) in [6.45, 7) is 11.1. The molecule has 0 spiro atoms. The number of ether oxygens (including phenoxy) is 3. The second-order valence-electron chi connectivity index (χ2n) is 9.12. The van der Waals surface area contributed by atoms with Gasteiger partial charge >= 0.3 is 5.97 Å². The lowest BCUT2D eigenvalue weighted by Crippen LogP contribution is -2.05. The molecule has 4 heteroatoms. The van der Waals surface area contributed by atoms with Crippen LogP contribution in [0.3, 0.4) is 0 Å². The topological polar surface area (TPSA) is 44.8 Å². The van der Waals surface area contributed by atoms with Crippen LogP contribution in [0.25, 0.3) is 0 Å². The molecule has 188 valence electrons. The molecule has 1 rings (SSSR count). The number of hydrogen-bond acceptors (Lipinski definition) is 4. The first-order valence-corrected chi connectivity index (χ1v) is 12.2. The van der Waals surface area contributed by atoms with E-state index in [0.29, 0.717) is 12.0 Å². The van der Waals surface area contributed by atoms with E-state index in [0.717, 1.165) is 49.8 Å². The van der Waals surface area contributed by atoms with Crippen molar-refractivity contribution in [1.29, 1.82) is 0 Å². The third-order valence-electron chi connectivity index (χ3n) is 5.64. The summed E-state index contributed by atoms with van der Waals surface area (Å²) in [5, 5.41) is 0. The van der Waals surface area contributed by atoms with E-state index in [1.807, 2.05) is 6.07 Å². The fraction of sp³-hybridized carbons (Fsp3) is 0.500. The average molecular weight is 469 g/mol. The number of benzene rings is 1. The summed E-state index contributed by atoms with van der Waals surface area (Å²) in [4.78, 5) is 11.9. The molecule has 34 heavy (non-hydrogen) atoms. The first-order chi connectivity index (χ1) is 16.3. The van der Waals surface area contributed by atoms with Gasteiger partial charge in [0.15, 0.2) is 6.79 Å². The smallest absolute Gasteiger partial charge is 0.337 e. The molecule has 0 unspecified atom stereocenters. The summed E-state index contributed by atoms with van der Waals surface area (Å²) in [7, 11) is 2.98.